The number of rotatable bonds is 7. The van der Waals surface area contributed by atoms with Crippen molar-refractivity contribution in [3.63, 3.8) is 0 Å². The summed E-state index contributed by atoms with van der Waals surface area (Å²) in [5.74, 6) is 0.838. The first-order valence-electron chi connectivity index (χ1n) is 6.40. The second-order valence-electron chi connectivity index (χ2n) is 4.00. The van der Waals surface area contributed by atoms with Crippen molar-refractivity contribution in [2.45, 2.75) is 12.1 Å². The van der Waals surface area contributed by atoms with Gasteiger partial charge in [-0.15, -0.1) is 10.2 Å². The van der Waals surface area contributed by atoms with E-state index in [9.17, 15) is 4.79 Å². The molecule has 0 bridgehead atoms. The van der Waals surface area contributed by atoms with Crippen molar-refractivity contribution in [2.75, 3.05) is 18.9 Å². The van der Waals surface area contributed by atoms with Crippen LogP contribution in [0.4, 0.5) is 0 Å². The highest BCUT2D eigenvalue weighted by molar-refractivity contribution is 7.99. The van der Waals surface area contributed by atoms with Gasteiger partial charge in [-0.05, 0) is 6.92 Å². The van der Waals surface area contributed by atoms with Crippen LogP contribution in [0.3, 0.4) is 0 Å². The molecule has 0 radical (unpaired) electrons. The average molecular weight is 308 g/mol. The topological polar surface area (TPSA) is 94.8 Å². The molecule has 8 nitrogen and oxygen atoms in total. The van der Waals surface area contributed by atoms with Crippen LogP contribution in [-0.2, 0) is 7.05 Å². The Hall–Kier alpha value is -2.16. The minimum Gasteiger partial charge on any atom is -0.478 e. The quantitative estimate of drug-likeness (QED) is 0.588. The van der Waals surface area contributed by atoms with Crippen molar-refractivity contribution in [1.82, 2.24) is 30.0 Å². The largest absolute Gasteiger partial charge is 0.478 e. The summed E-state index contributed by atoms with van der Waals surface area (Å²) in [5, 5.41) is 11.3. The van der Waals surface area contributed by atoms with Gasteiger partial charge in [0.2, 0.25) is 5.88 Å². The molecule has 2 rings (SSSR count). The predicted octanol–water partition coefficient (Wildman–Crippen LogP) is 0.526. The van der Waals surface area contributed by atoms with Crippen LogP contribution in [0.25, 0.3) is 0 Å². The Labute approximate surface area is 126 Å². The molecular formula is C12H16N6O2S. The Morgan fingerprint density at radius 2 is 2.33 bits per heavy atom. The Morgan fingerprint density at radius 3 is 3.05 bits per heavy atom. The van der Waals surface area contributed by atoms with E-state index in [1.807, 2.05) is 18.5 Å². The highest BCUT2D eigenvalue weighted by atomic mass is 32.2. The van der Waals surface area contributed by atoms with Crippen LogP contribution < -0.4 is 10.1 Å². The van der Waals surface area contributed by atoms with Gasteiger partial charge in [-0.1, -0.05) is 11.8 Å². The number of hydrogen-bond acceptors (Lipinski definition) is 7. The predicted molar refractivity (Wildman–Crippen MR) is 77.3 cm³/mol. The van der Waals surface area contributed by atoms with Crippen LogP contribution in [-0.4, -0.2) is 49.5 Å². The maximum absolute atomic E-state index is 11.9. The highest BCUT2D eigenvalue weighted by Gasteiger charge is 2.09. The van der Waals surface area contributed by atoms with E-state index in [-0.39, 0.29) is 11.6 Å². The number of nitrogens with one attached hydrogen (secondary N) is 1. The lowest BCUT2D eigenvalue weighted by Gasteiger charge is -2.06. The van der Waals surface area contributed by atoms with E-state index < -0.39 is 0 Å². The third-order valence-corrected chi connectivity index (χ3v) is 3.49. The molecule has 2 aromatic rings. The molecule has 1 amide bonds. The molecule has 1 N–H and O–H groups in total. The van der Waals surface area contributed by atoms with Crippen LogP contribution in [0.2, 0.25) is 0 Å². The van der Waals surface area contributed by atoms with Crippen molar-refractivity contribution >= 4 is 17.7 Å². The van der Waals surface area contributed by atoms with Crippen molar-refractivity contribution in [1.29, 1.82) is 0 Å². The number of carbonyl (C=O) groups is 1. The Balaban J connectivity index is 1.79. The fourth-order valence-electron chi connectivity index (χ4n) is 1.49. The summed E-state index contributed by atoms with van der Waals surface area (Å²) >= 11 is 1.52. The van der Waals surface area contributed by atoms with E-state index in [4.69, 9.17) is 4.74 Å². The van der Waals surface area contributed by atoms with Gasteiger partial charge in [-0.3, -0.25) is 4.79 Å². The molecule has 112 valence electrons. The van der Waals surface area contributed by atoms with E-state index in [1.54, 1.807) is 6.33 Å². The molecule has 0 saturated carbocycles. The summed E-state index contributed by atoms with van der Waals surface area (Å²) < 4.78 is 7.06. The Kier molecular flexibility index (Phi) is 5.50. The van der Waals surface area contributed by atoms with Gasteiger partial charge in [0.25, 0.3) is 5.91 Å². The summed E-state index contributed by atoms with van der Waals surface area (Å²) in [6, 6.07) is 1.52. The third kappa shape index (κ3) is 4.42. The molecule has 0 aliphatic heterocycles. The third-order valence-electron chi connectivity index (χ3n) is 2.46. The van der Waals surface area contributed by atoms with E-state index >= 15 is 0 Å². The molecule has 21 heavy (non-hydrogen) atoms. The second-order valence-corrected chi connectivity index (χ2v) is 5.07. The Bertz CT molecular complexity index is 603. The molecule has 0 atom stereocenters. The van der Waals surface area contributed by atoms with Gasteiger partial charge < -0.3 is 14.6 Å². The zero-order valence-electron chi connectivity index (χ0n) is 11.8. The molecule has 9 heteroatoms. The van der Waals surface area contributed by atoms with Gasteiger partial charge in [0.05, 0.1) is 6.61 Å². The van der Waals surface area contributed by atoms with E-state index in [0.717, 1.165) is 5.16 Å². The lowest BCUT2D eigenvalue weighted by Crippen LogP contribution is -2.26. The molecule has 0 aromatic carbocycles. The molecule has 0 saturated heterocycles. The molecule has 0 fully saturated rings. The monoisotopic (exact) mass is 308 g/mol. The number of aromatic nitrogens is 5. The fourth-order valence-corrected chi connectivity index (χ4v) is 2.23. The molecule has 2 heterocycles. The fraction of sp³-hybridized carbons (Fsp3) is 0.417. The molecule has 0 aliphatic rings. The molecule has 0 unspecified atom stereocenters. The summed E-state index contributed by atoms with van der Waals surface area (Å²) in [6.45, 7) is 2.85. The minimum absolute atomic E-state index is 0.253. The molecule has 0 spiro atoms. The first-order chi connectivity index (χ1) is 10.2. The number of thioether (sulfide) groups is 1. The van der Waals surface area contributed by atoms with Gasteiger partial charge in [-0.2, -0.15) is 0 Å². The molecular weight excluding hydrogens is 292 g/mol. The van der Waals surface area contributed by atoms with E-state index in [2.05, 4.69) is 25.5 Å². The van der Waals surface area contributed by atoms with Crippen molar-refractivity contribution in [3.8, 4) is 5.88 Å². The highest BCUT2D eigenvalue weighted by Crippen LogP contribution is 2.12. The van der Waals surface area contributed by atoms with Crippen LogP contribution >= 0.6 is 11.8 Å². The van der Waals surface area contributed by atoms with E-state index in [1.165, 1.54) is 24.2 Å². The van der Waals surface area contributed by atoms with Gasteiger partial charge in [0.1, 0.15) is 18.3 Å². The van der Waals surface area contributed by atoms with Crippen molar-refractivity contribution < 1.29 is 9.53 Å². The van der Waals surface area contributed by atoms with Gasteiger partial charge in [0, 0.05) is 25.4 Å². The van der Waals surface area contributed by atoms with Crippen LogP contribution in [0, 0.1) is 0 Å². The Morgan fingerprint density at radius 1 is 1.48 bits per heavy atom. The standard InChI is InChI=1S/C12H16N6O2S/c1-3-20-10-6-9(14-7-15-10)11(19)13-4-5-21-12-17-16-8-18(12)2/h6-8H,3-5H2,1-2H3,(H,13,19). The zero-order valence-corrected chi connectivity index (χ0v) is 12.6. The number of amides is 1. The first-order valence-corrected chi connectivity index (χ1v) is 7.39. The normalized spacial score (nSPS) is 10.4. The number of aryl methyl sites for hydroxylation is 1. The van der Waals surface area contributed by atoms with Crippen LogP contribution in [0.5, 0.6) is 5.88 Å². The number of carbonyl (C=O) groups excluding carboxylic acids is 1. The SMILES string of the molecule is CCOc1cc(C(=O)NCCSc2nncn2C)ncn1. The first kappa shape index (κ1) is 15.2. The van der Waals surface area contributed by atoms with Crippen LogP contribution in [0.1, 0.15) is 17.4 Å². The zero-order chi connectivity index (χ0) is 15.1. The van der Waals surface area contributed by atoms with Crippen LogP contribution in [0.15, 0.2) is 23.9 Å². The number of hydrogen-bond donors (Lipinski definition) is 1. The summed E-state index contributed by atoms with van der Waals surface area (Å²) in [6.07, 6.45) is 2.95. The molecule has 0 aliphatic carbocycles. The lowest BCUT2D eigenvalue weighted by atomic mass is 10.4. The lowest BCUT2D eigenvalue weighted by molar-refractivity contribution is 0.0950. The number of ether oxygens (including phenoxy) is 1. The second kappa shape index (κ2) is 7.58. The van der Waals surface area contributed by atoms with Crippen molar-refractivity contribution in [2.24, 2.45) is 7.05 Å². The average Bonchev–Trinajstić information content (AvgIpc) is 2.89. The smallest absolute Gasteiger partial charge is 0.270 e. The minimum atomic E-state index is -0.253. The molecule has 2 aromatic heterocycles. The maximum atomic E-state index is 11.9. The maximum Gasteiger partial charge on any atom is 0.270 e. The van der Waals surface area contributed by atoms with Crippen molar-refractivity contribution in [3.05, 3.63) is 24.4 Å². The summed E-state index contributed by atoms with van der Waals surface area (Å²) in [4.78, 5) is 19.8. The summed E-state index contributed by atoms with van der Waals surface area (Å²) in [7, 11) is 1.87. The summed E-state index contributed by atoms with van der Waals surface area (Å²) in [5.41, 5.74) is 0.289. The van der Waals surface area contributed by atoms with E-state index in [0.29, 0.717) is 24.8 Å². The van der Waals surface area contributed by atoms with Gasteiger partial charge in [0.15, 0.2) is 5.16 Å². The number of nitrogens with zero attached hydrogens (tertiary/aromatic N) is 5. The van der Waals surface area contributed by atoms with Gasteiger partial charge in [-0.25, -0.2) is 9.97 Å². The van der Waals surface area contributed by atoms with Gasteiger partial charge >= 0.3 is 0 Å².